The van der Waals surface area contributed by atoms with E-state index in [4.69, 9.17) is 24.7 Å². The Morgan fingerprint density at radius 2 is 1.38 bits per heavy atom. The number of nitrogens with one attached hydrogen (secondary N) is 5. The third-order valence-electron chi connectivity index (χ3n) is 18.9. The molecule has 2 aromatic carbocycles. The number of likely N-dealkylation sites (N-methyl/N-ethyl adjacent to an activating group) is 1. The number of unbranched alkanes of at least 4 members (excludes halogenated alkanes) is 1. The molecule has 0 spiro atoms. The fourth-order valence-electron chi connectivity index (χ4n) is 12.9. The third kappa shape index (κ3) is 28.9. The van der Waals surface area contributed by atoms with Crippen molar-refractivity contribution in [3.05, 3.63) is 87.9 Å². The molecule has 1 aliphatic rings. The molecule has 7 amide bonds. The molecule has 1 aliphatic heterocycles. The number of ether oxygens (including phenoxy) is 4. The molecule has 4 rings (SSSR count). The maximum Gasteiger partial charge on any atom is 0.408 e. The van der Waals surface area contributed by atoms with Crippen molar-refractivity contribution in [2.75, 3.05) is 47.2 Å². The molecule has 2 heterocycles. The Balaban J connectivity index is 1.38. The molecular formula is C74H115N9O16S2. The highest BCUT2D eigenvalue weighted by atomic mass is 32.2. The SMILES string of the molecule is CC[C@H](C)[C@@H]([C@@H](CC(=O)N1CCC[C@H]1[C@H](OC)[C@@H](C)C(=O)C[C@@H](Cc1ccccc1)c1nccs1)OC)N(C)C(=O)[C@@H](CC(=O)C(C)(C)NC(=O)OCc1ccc(CC(=O)[C@H](CCCNC(N)=O)NC(=O)[C@@H](CC(=O)[C@@H](CCCCNC(=O)OC(C)(C)C)NS(C)(=O)=O)C(C)C)cc1)C(C)C. The fraction of sp³-hybridized carbons (Fsp3) is 0.662. The molecule has 7 N–H and O–H groups in total. The first-order valence-electron chi connectivity index (χ1n) is 35.4. The third-order valence-corrected chi connectivity index (χ3v) is 20.6. The summed E-state index contributed by atoms with van der Waals surface area (Å²) in [5.74, 6) is -5.72. The second-order valence-electron chi connectivity index (χ2n) is 29.2. The molecule has 1 aromatic heterocycles. The zero-order valence-corrected chi connectivity index (χ0v) is 64.0. The number of amides is 7. The summed E-state index contributed by atoms with van der Waals surface area (Å²) in [6.45, 7) is 21.9. The van der Waals surface area contributed by atoms with Gasteiger partial charge in [0.05, 0.1) is 59.6 Å². The van der Waals surface area contributed by atoms with Gasteiger partial charge in [-0.3, -0.25) is 33.6 Å². The molecule has 27 heteroatoms. The van der Waals surface area contributed by atoms with E-state index >= 15 is 0 Å². The molecule has 0 saturated carbocycles. The Hall–Kier alpha value is -7.20. The quantitative estimate of drug-likeness (QED) is 0.0287. The molecule has 25 nitrogen and oxygen atoms in total. The van der Waals surface area contributed by atoms with Gasteiger partial charge in [-0.2, -0.15) is 0 Å². The second kappa shape index (κ2) is 41.2. The topological polar surface area (TPSA) is 347 Å². The lowest BCUT2D eigenvalue weighted by molar-refractivity contribution is -0.149. The fourth-order valence-corrected chi connectivity index (χ4v) is 14.4. The zero-order chi connectivity index (χ0) is 75.5. The van der Waals surface area contributed by atoms with Crippen LogP contribution in [0.5, 0.6) is 0 Å². The monoisotopic (exact) mass is 1450 g/mol. The molecule has 0 unspecified atom stereocenters. The van der Waals surface area contributed by atoms with Crippen LogP contribution in [-0.2, 0) is 82.0 Å². The second-order valence-corrected chi connectivity index (χ2v) is 31.9. The number of aromatic nitrogens is 1. The summed E-state index contributed by atoms with van der Waals surface area (Å²) >= 11 is 1.53. The number of urea groups is 1. The Bertz CT molecular complexity index is 3290. The van der Waals surface area contributed by atoms with Gasteiger partial charge in [0.1, 0.15) is 18.0 Å². The Morgan fingerprint density at radius 3 is 1.95 bits per heavy atom. The summed E-state index contributed by atoms with van der Waals surface area (Å²) < 4.78 is 50.2. The number of carbonyl (C=O) groups is 10. The van der Waals surface area contributed by atoms with Gasteiger partial charge >= 0.3 is 18.2 Å². The highest BCUT2D eigenvalue weighted by molar-refractivity contribution is 7.88. The number of primary amides is 1. The van der Waals surface area contributed by atoms with Gasteiger partial charge in [-0.05, 0) is 120 Å². The zero-order valence-electron chi connectivity index (χ0n) is 62.4. The van der Waals surface area contributed by atoms with Crippen LogP contribution < -0.4 is 31.7 Å². The van der Waals surface area contributed by atoms with Crippen LogP contribution in [0.3, 0.4) is 0 Å². The van der Waals surface area contributed by atoms with Crippen molar-refractivity contribution in [3.63, 3.8) is 0 Å². The van der Waals surface area contributed by atoms with Crippen LogP contribution in [0.15, 0.2) is 66.2 Å². The number of carbonyl (C=O) groups excluding carboxylic acids is 10. The number of ketones is 4. The van der Waals surface area contributed by atoms with E-state index in [9.17, 15) is 56.4 Å². The summed E-state index contributed by atoms with van der Waals surface area (Å²) in [5.41, 5.74) is 5.30. The van der Waals surface area contributed by atoms with Crippen molar-refractivity contribution >= 4 is 80.4 Å². The van der Waals surface area contributed by atoms with Gasteiger partial charge < -0.3 is 55.7 Å². The summed E-state index contributed by atoms with van der Waals surface area (Å²) in [6.07, 6.45) is 3.23. The van der Waals surface area contributed by atoms with E-state index < -0.39 is 111 Å². The number of sulfonamides is 1. The first-order chi connectivity index (χ1) is 47.4. The number of likely N-dealkylation sites (tertiary alicyclic amines) is 1. The number of benzene rings is 2. The van der Waals surface area contributed by atoms with E-state index in [2.05, 4.69) is 31.0 Å². The molecule has 564 valence electrons. The largest absolute Gasteiger partial charge is 0.445 e. The van der Waals surface area contributed by atoms with E-state index in [-0.39, 0.29) is 118 Å². The minimum atomic E-state index is -3.86. The number of alkyl carbamates (subject to hydrolysis) is 2. The average molecular weight is 1450 g/mol. The number of nitrogens with zero attached hydrogens (tertiary/aromatic N) is 3. The summed E-state index contributed by atoms with van der Waals surface area (Å²) in [5, 5.41) is 13.4. The molecule has 101 heavy (non-hydrogen) atoms. The predicted molar refractivity (Wildman–Crippen MR) is 388 cm³/mol. The Morgan fingerprint density at radius 1 is 0.743 bits per heavy atom. The lowest BCUT2D eigenvalue weighted by Crippen LogP contribution is -2.55. The van der Waals surface area contributed by atoms with Crippen LogP contribution >= 0.6 is 11.3 Å². The van der Waals surface area contributed by atoms with Gasteiger partial charge in [0, 0.05) is 102 Å². The molecule has 0 aliphatic carbocycles. The van der Waals surface area contributed by atoms with E-state index in [0.29, 0.717) is 49.8 Å². The van der Waals surface area contributed by atoms with E-state index in [1.165, 1.54) is 32.3 Å². The molecular weight excluding hydrogens is 1330 g/mol. The number of Topliss-reactive ketones (excluding diaryl/α,β-unsaturated/α-hetero) is 4. The lowest BCUT2D eigenvalue weighted by Gasteiger charge is -2.41. The molecule has 0 bridgehead atoms. The standard InChI is InChI=1S/C74H115N9O16S2/c1-17-48(6)65(62(96-14)44-64(88)83-37-24-29-58(83)66(97-15)49(7)59(84)41-53(68-76-36-38-100-68)39-50-25-19-18-20-26-50)82(13)69(90)55(47(4)5)43-63(87)74(11,12)80-72(93)98-45-52-32-30-51(31-33-52)40-60(85)56(28-23-35-77-70(75)91)79-67(89)54(46(2)3)42-61(86)57(81-101(16,94)95)27-21-22-34-78-71(92)99-73(8,9)10/h18-20,25-26,30-33,36,38,46-49,53-58,62,65-66,81H,17,21-24,27-29,34-35,37,39-45H2,1-16H3,(H,78,92)(H,79,89)(H,80,93)(H3,75,77,91)/t48-,49-,53+,54-,55-,56-,57+,58-,62+,65-,66+/m0/s1. The maximum atomic E-state index is 14.8. The number of thiazole rings is 1. The Kier molecular flexibility index (Phi) is 35.2. The van der Waals surface area contributed by atoms with Crippen molar-refractivity contribution in [1.82, 2.24) is 40.8 Å². The van der Waals surface area contributed by atoms with Crippen LogP contribution in [0.4, 0.5) is 14.4 Å². The van der Waals surface area contributed by atoms with Crippen LogP contribution in [0.25, 0.3) is 0 Å². The lowest BCUT2D eigenvalue weighted by atomic mass is 9.83. The number of methoxy groups -OCH3 is 2. The van der Waals surface area contributed by atoms with Gasteiger partial charge in [0.15, 0.2) is 17.3 Å². The number of rotatable bonds is 44. The van der Waals surface area contributed by atoms with Gasteiger partial charge in [0.2, 0.25) is 27.7 Å². The van der Waals surface area contributed by atoms with Crippen molar-refractivity contribution in [1.29, 1.82) is 0 Å². The van der Waals surface area contributed by atoms with Crippen LogP contribution in [0.1, 0.15) is 188 Å². The van der Waals surface area contributed by atoms with Crippen LogP contribution in [0, 0.1) is 35.5 Å². The normalized spacial score (nSPS) is 16.5. The minimum Gasteiger partial charge on any atom is -0.445 e. The van der Waals surface area contributed by atoms with Crippen molar-refractivity contribution in [3.8, 4) is 0 Å². The van der Waals surface area contributed by atoms with Crippen LogP contribution in [-0.4, -0.2) is 177 Å². The molecule has 0 radical (unpaired) electrons. The number of nitrogens with two attached hydrogens (primary N) is 1. The molecule has 1 saturated heterocycles. The van der Waals surface area contributed by atoms with Crippen molar-refractivity contribution in [2.24, 2.45) is 41.2 Å². The number of hydrogen-bond donors (Lipinski definition) is 6. The van der Waals surface area contributed by atoms with E-state index in [0.717, 1.165) is 23.2 Å². The van der Waals surface area contributed by atoms with Crippen molar-refractivity contribution < 1.29 is 75.3 Å². The molecule has 3 aromatic rings. The maximum absolute atomic E-state index is 14.8. The first kappa shape index (κ1) is 86.2. The summed E-state index contributed by atoms with van der Waals surface area (Å²) in [7, 11) is 0.926. The van der Waals surface area contributed by atoms with Crippen molar-refractivity contribution in [2.45, 2.75) is 233 Å². The minimum absolute atomic E-state index is 0.0283. The van der Waals surface area contributed by atoms with Gasteiger partial charge in [-0.15, -0.1) is 11.3 Å². The first-order valence-corrected chi connectivity index (χ1v) is 38.1. The van der Waals surface area contributed by atoms with E-state index in [1.807, 2.05) is 75.2 Å². The summed E-state index contributed by atoms with van der Waals surface area (Å²) in [4.78, 5) is 145. The smallest absolute Gasteiger partial charge is 0.408 e. The molecule has 11 atom stereocenters. The molecule has 1 fully saturated rings. The average Bonchev–Trinajstić information content (AvgIpc) is 1.79. The van der Waals surface area contributed by atoms with Crippen LogP contribution in [0.2, 0.25) is 0 Å². The highest BCUT2D eigenvalue weighted by Crippen LogP contribution is 2.34. The number of hydrogen-bond acceptors (Lipinski definition) is 18. The van der Waals surface area contributed by atoms with E-state index in [1.54, 1.807) is 84.1 Å². The summed E-state index contributed by atoms with van der Waals surface area (Å²) in [6, 6.07) is 12.7. The van der Waals surface area contributed by atoms with Gasteiger partial charge in [-0.25, -0.2) is 32.5 Å². The predicted octanol–water partition coefficient (Wildman–Crippen LogP) is 9.17. The van der Waals surface area contributed by atoms with Gasteiger partial charge in [-0.1, -0.05) is 109 Å². The Labute approximate surface area is 602 Å². The highest BCUT2D eigenvalue weighted by Gasteiger charge is 2.44. The van der Waals surface area contributed by atoms with Gasteiger partial charge in [0.25, 0.3) is 0 Å².